The molecule has 0 bridgehead atoms. The number of hydrogen-bond donors (Lipinski definition) is 1. The largest absolute Gasteiger partial charge is 0.320 e. The molecule has 2 aromatic rings. The van der Waals surface area contributed by atoms with E-state index in [4.69, 9.17) is 5.73 Å². The Kier molecular flexibility index (Phi) is 4.97. The van der Waals surface area contributed by atoms with E-state index in [1.165, 1.54) is 17.8 Å². The summed E-state index contributed by atoms with van der Waals surface area (Å²) in [5.74, 6) is 5.49. The first kappa shape index (κ1) is 14.1. The lowest BCUT2D eigenvalue weighted by Crippen LogP contribution is -1.93. The predicted octanol–water partition coefficient (Wildman–Crippen LogP) is 3.63. The zero-order valence-corrected chi connectivity index (χ0v) is 11.6. The van der Waals surface area contributed by atoms with Gasteiger partial charge < -0.3 is 5.73 Å². The molecule has 0 saturated heterocycles. The van der Waals surface area contributed by atoms with Crippen LogP contribution in [-0.4, -0.2) is 6.54 Å². The molecular weight excluding hydrogens is 284 g/mol. The van der Waals surface area contributed by atoms with Gasteiger partial charge in [-0.2, -0.15) is 0 Å². The molecule has 19 heavy (non-hydrogen) atoms. The average Bonchev–Trinajstić information content (AvgIpc) is 2.85. The number of thiophene rings is 1. The van der Waals surface area contributed by atoms with E-state index < -0.39 is 11.6 Å². The molecule has 0 aliphatic rings. The minimum absolute atomic E-state index is 0.307. The molecule has 0 spiro atoms. The first-order chi connectivity index (χ1) is 9.20. The van der Waals surface area contributed by atoms with Gasteiger partial charge in [-0.3, -0.25) is 0 Å². The SMILES string of the molecule is NCC#Cc1ccsc1CSc1cc(F)ccc1F. The van der Waals surface area contributed by atoms with Gasteiger partial charge in [-0.05, 0) is 29.6 Å². The molecule has 5 heteroatoms. The van der Waals surface area contributed by atoms with E-state index in [0.29, 0.717) is 17.2 Å². The van der Waals surface area contributed by atoms with Gasteiger partial charge in [-0.1, -0.05) is 11.8 Å². The number of rotatable bonds is 3. The van der Waals surface area contributed by atoms with Gasteiger partial charge >= 0.3 is 0 Å². The third kappa shape index (κ3) is 3.80. The lowest BCUT2D eigenvalue weighted by atomic mass is 10.3. The smallest absolute Gasteiger partial charge is 0.136 e. The molecule has 0 saturated carbocycles. The van der Waals surface area contributed by atoms with E-state index in [2.05, 4.69) is 11.8 Å². The van der Waals surface area contributed by atoms with Crippen LogP contribution in [-0.2, 0) is 5.75 Å². The summed E-state index contributed by atoms with van der Waals surface area (Å²) in [6, 6.07) is 5.37. The van der Waals surface area contributed by atoms with Crippen molar-refractivity contribution in [2.75, 3.05) is 6.54 Å². The molecule has 1 heterocycles. The Morgan fingerprint density at radius 2 is 2.11 bits per heavy atom. The fourth-order valence-electron chi connectivity index (χ4n) is 1.44. The van der Waals surface area contributed by atoms with Crippen molar-refractivity contribution in [3.8, 4) is 11.8 Å². The van der Waals surface area contributed by atoms with Crippen molar-refractivity contribution in [1.29, 1.82) is 0 Å². The second-order valence-electron chi connectivity index (χ2n) is 3.63. The molecule has 0 fully saturated rings. The Morgan fingerprint density at radius 3 is 2.89 bits per heavy atom. The monoisotopic (exact) mass is 295 g/mol. The van der Waals surface area contributed by atoms with Crippen LogP contribution in [0.15, 0.2) is 34.5 Å². The van der Waals surface area contributed by atoms with Gasteiger partial charge in [0.05, 0.1) is 6.54 Å². The number of halogens is 2. The van der Waals surface area contributed by atoms with Crippen LogP contribution >= 0.6 is 23.1 Å². The van der Waals surface area contributed by atoms with Gasteiger partial charge in [-0.25, -0.2) is 8.78 Å². The van der Waals surface area contributed by atoms with Crippen molar-refractivity contribution in [1.82, 2.24) is 0 Å². The topological polar surface area (TPSA) is 26.0 Å². The average molecular weight is 295 g/mol. The molecule has 2 rings (SSSR count). The number of hydrogen-bond acceptors (Lipinski definition) is 3. The number of thioether (sulfide) groups is 1. The highest BCUT2D eigenvalue weighted by Crippen LogP contribution is 2.29. The Morgan fingerprint density at radius 1 is 1.26 bits per heavy atom. The van der Waals surface area contributed by atoms with Crippen molar-refractivity contribution in [2.45, 2.75) is 10.6 Å². The van der Waals surface area contributed by atoms with Crippen molar-refractivity contribution in [3.05, 3.63) is 51.7 Å². The van der Waals surface area contributed by atoms with Gasteiger partial charge in [0.2, 0.25) is 0 Å². The van der Waals surface area contributed by atoms with Crippen LogP contribution in [0.5, 0.6) is 0 Å². The molecule has 0 atom stereocenters. The summed E-state index contributed by atoms with van der Waals surface area (Å²) in [7, 11) is 0. The van der Waals surface area contributed by atoms with Gasteiger partial charge in [0.1, 0.15) is 11.6 Å². The maximum Gasteiger partial charge on any atom is 0.136 e. The van der Waals surface area contributed by atoms with Crippen LogP contribution in [0.3, 0.4) is 0 Å². The van der Waals surface area contributed by atoms with E-state index in [1.54, 1.807) is 11.3 Å². The maximum atomic E-state index is 13.5. The molecule has 1 nitrogen and oxygen atoms in total. The van der Waals surface area contributed by atoms with E-state index in [-0.39, 0.29) is 0 Å². The number of benzene rings is 1. The van der Waals surface area contributed by atoms with Crippen LogP contribution in [0.25, 0.3) is 0 Å². The molecule has 0 aliphatic carbocycles. The highest BCUT2D eigenvalue weighted by Gasteiger charge is 2.07. The summed E-state index contributed by atoms with van der Waals surface area (Å²) in [6.07, 6.45) is 0. The van der Waals surface area contributed by atoms with Crippen LogP contribution in [0.4, 0.5) is 8.78 Å². The molecular formula is C14H11F2NS2. The van der Waals surface area contributed by atoms with E-state index in [1.807, 2.05) is 11.4 Å². The highest BCUT2D eigenvalue weighted by molar-refractivity contribution is 7.98. The first-order valence-corrected chi connectivity index (χ1v) is 7.40. The molecule has 1 aromatic carbocycles. The van der Waals surface area contributed by atoms with Gasteiger partial charge in [0.25, 0.3) is 0 Å². The van der Waals surface area contributed by atoms with E-state index in [0.717, 1.165) is 22.6 Å². The molecule has 0 radical (unpaired) electrons. The minimum Gasteiger partial charge on any atom is -0.320 e. The molecule has 2 N–H and O–H groups in total. The van der Waals surface area contributed by atoms with Crippen LogP contribution < -0.4 is 5.73 Å². The zero-order chi connectivity index (χ0) is 13.7. The summed E-state index contributed by atoms with van der Waals surface area (Å²) in [4.78, 5) is 1.35. The van der Waals surface area contributed by atoms with Gasteiger partial charge in [-0.15, -0.1) is 23.1 Å². The summed E-state index contributed by atoms with van der Waals surface area (Å²) in [5.41, 5.74) is 6.23. The number of nitrogens with two attached hydrogens (primary N) is 1. The Hall–Kier alpha value is -1.35. The Labute approximate surface area is 118 Å². The second kappa shape index (κ2) is 6.71. The summed E-state index contributed by atoms with van der Waals surface area (Å²) in [6.45, 7) is 0.307. The third-order valence-corrected chi connectivity index (χ3v) is 4.48. The quantitative estimate of drug-likeness (QED) is 0.691. The molecule has 0 unspecified atom stereocenters. The second-order valence-corrected chi connectivity index (χ2v) is 5.64. The minimum atomic E-state index is -0.432. The van der Waals surface area contributed by atoms with Crippen molar-refractivity contribution in [2.24, 2.45) is 5.73 Å². The summed E-state index contributed by atoms with van der Waals surface area (Å²) in [5, 5.41) is 1.93. The third-order valence-electron chi connectivity index (χ3n) is 2.32. The lowest BCUT2D eigenvalue weighted by molar-refractivity contribution is 0.577. The Balaban J connectivity index is 2.10. The first-order valence-electron chi connectivity index (χ1n) is 5.54. The highest BCUT2D eigenvalue weighted by atomic mass is 32.2. The predicted molar refractivity (Wildman–Crippen MR) is 76.2 cm³/mol. The van der Waals surface area contributed by atoms with Crippen molar-refractivity contribution < 1.29 is 8.78 Å². The van der Waals surface area contributed by atoms with Gasteiger partial charge in [0, 0.05) is 21.1 Å². The summed E-state index contributed by atoms with van der Waals surface area (Å²) >= 11 is 2.81. The fourth-order valence-corrected chi connectivity index (χ4v) is 3.35. The normalized spacial score (nSPS) is 10.1. The van der Waals surface area contributed by atoms with E-state index >= 15 is 0 Å². The molecule has 0 aliphatic heterocycles. The zero-order valence-electron chi connectivity index (χ0n) is 9.95. The Bertz CT molecular complexity index is 626. The maximum absolute atomic E-state index is 13.5. The molecule has 0 amide bonds. The van der Waals surface area contributed by atoms with Crippen molar-refractivity contribution >= 4 is 23.1 Å². The van der Waals surface area contributed by atoms with Crippen LogP contribution in [0.1, 0.15) is 10.4 Å². The fraction of sp³-hybridized carbons (Fsp3) is 0.143. The van der Waals surface area contributed by atoms with E-state index in [9.17, 15) is 8.78 Å². The summed E-state index contributed by atoms with van der Waals surface area (Å²) < 4.78 is 26.5. The van der Waals surface area contributed by atoms with Crippen LogP contribution in [0.2, 0.25) is 0 Å². The molecule has 98 valence electrons. The standard InChI is InChI=1S/C14H11F2NS2/c15-11-3-4-12(16)13(8-11)19-9-14-10(2-1-6-17)5-7-18-14/h3-5,7-8H,6,9,17H2. The molecule has 1 aromatic heterocycles. The van der Waals surface area contributed by atoms with Crippen LogP contribution in [0, 0.1) is 23.5 Å². The van der Waals surface area contributed by atoms with Gasteiger partial charge in [0.15, 0.2) is 0 Å². The van der Waals surface area contributed by atoms with Crippen molar-refractivity contribution in [3.63, 3.8) is 0 Å². The lowest BCUT2D eigenvalue weighted by Gasteiger charge is -2.02.